The molecule has 0 aliphatic carbocycles. The molecule has 7 heteroatoms. The van der Waals surface area contributed by atoms with Crippen LogP contribution in [0.5, 0.6) is 0 Å². The van der Waals surface area contributed by atoms with Gasteiger partial charge in [0.2, 0.25) is 0 Å². The minimum Gasteiger partial charge on any atom is -0.310 e. The number of aromatic nitrogens is 4. The molecule has 142 valence electrons. The van der Waals surface area contributed by atoms with Crippen molar-refractivity contribution >= 4 is 34.2 Å². The maximum absolute atomic E-state index is 12.9. The molecule has 0 aliphatic heterocycles. The van der Waals surface area contributed by atoms with Crippen molar-refractivity contribution < 1.29 is 0 Å². The standard InChI is InChI=1S/C21H18Cl2N4O/c1-12(2)18-17-20(27(26-18)19-14(22)9-6-10-15(19)23)24-16(25-21(17)28)11-13-7-4-3-5-8-13/h3-10,12H,11H2,1-2H3,(H,24,25,28). The van der Waals surface area contributed by atoms with Gasteiger partial charge >= 0.3 is 0 Å². The number of rotatable bonds is 4. The molecule has 0 atom stereocenters. The van der Waals surface area contributed by atoms with E-state index >= 15 is 0 Å². The van der Waals surface area contributed by atoms with Crippen molar-refractivity contribution in [3.8, 4) is 5.69 Å². The minimum absolute atomic E-state index is 0.0351. The number of nitrogens with zero attached hydrogens (tertiary/aromatic N) is 3. The number of H-pyrrole nitrogens is 1. The molecule has 0 saturated heterocycles. The predicted octanol–water partition coefficient (Wildman–Crippen LogP) is 5.13. The van der Waals surface area contributed by atoms with Gasteiger partial charge in [0.05, 0.1) is 15.7 Å². The normalized spacial score (nSPS) is 11.5. The largest absolute Gasteiger partial charge is 0.310 e. The van der Waals surface area contributed by atoms with Crippen molar-refractivity contribution in [2.45, 2.75) is 26.2 Å². The fourth-order valence-corrected chi connectivity index (χ4v) is 3.78. The van der Waals surface area contributed by atoms with Crippen LogP contribution in [-0.2, 0) is 6.42 Å². The Hall–Kier alpha value is -2.63. The van der Waals surface area contributed by atoms with Gasteiger partial charge in [0.1, 0.15) is 16.9 Å². The molecular formula is C21H18Cl2N4O. The zero-order valence-electron chi connectivity index (χ0n) is 15.4. The number of hydrogen-bond acceptors (Lipinski definition) is 3. The molecule has 0 unspecified atom stereocenters. The number of hydrogen-bond donors (Lipinski definition) is 1. The molecule has 4 aromatic rings. The smallest absolute Gasteiger partial charge is 0.262 e. The SMILES string of the molecule is CC(C)c1nn(-c2c(Cl)cccc2Cl)c2nc(Cc3ccccc3)[nH]c(=O)c12. The molecule has 1 N–H and O–H groups in total. The van der Waals surface area contributed by atoms with Gasteiger partial charge < -0.3 is 4.98 Å². The van der Waals surface area contributed by atoms with Crippen molar-refractivity contribution in [1.82, 2.24) is 19.7 Å². The third-order valence-corrected chi connectivity index (χ3v) is 5.13. The maximum Gasteiger partial charge on any atom is 0.262 e. The Labute approximate surface area is 172 Å². The van der Waals surface area contributed by atoms with Crippen molar-refractivity contribution in [2.75, 3.05) is 0 Å². The monoisotopic (exact) mass is 412 g/mol. The van der Waals surface area contributed by atoms with E-state index in [-0.39, 0.29) is 11.5 Å². The third kappa shape index (κ3) is 3.32. The van der Waals surface area contributed by atoms with E-state index < -0.39 is 0 Å². The Morgan fingerprint density at radius 1 is 1.04 bits per heavy atom. The van der Waals surface area contributed by atoms with Crippen LogP contribution in [0.3, 0.4) is 0 Å². The average molecular weight is 413 g/mol. The van der Waals surface area contributed by atoms with Gasteiger partial charge in [-0.05, 0) is 23.6 Å². The lowest BCUT2D eigenvalue weighted by Crippen LogP contribution is -2.14. The average Bonchev–Trinajstić information content (AvgIpc) is 3.03. The molecule has 0 fully saturated rings. The zero-order chi connectivity index (χ0) is 19.8. The lowest BCUT2D eigenvalue weighted by atomic mass is 10.1. The second kappa shape index (κ2) is 7.41. The Kier molecular flexibility index (Phi) is 4.96. The molecule has 0 amide bonds. The Morgan fingerprint density at radius 2 is 1.71 bits per heavy atom. The van der Waals surface area contributed by atoms with Gasteiger partial charge in [-0.3, -0.25) is 4.79 Å². The van der Waals surface area contributed by atoms with Gasteiger partial charge in [0, 0.05) is 6.42 Å². The molecule has 28 heavy (non-hydrogen) atoms. The van der Waals surface area contributed by atoms with E-state index in [1.54, 1.807) is 22.9 Å². The summed E-state index contributed by atoms with van der Waals surface area (Å²) in [6, 6.07) is 15.1. The fraction of sp³-hybridized carbons (Fsp3) is 0.190. The second-order valence-electron chi connectivity index (χ2n) is 6.90. The number of aromatic amines is 1. The van der Waals surface area contributed by atoms with Crippen LogP contribution < -0.4 is 5.56 Å². The molecule has 4 rings (SSSR count). The summed E-state index contributed by atoms with van der Waals surface area (Å²) in [5.41, 5.74) is 2.47. The first-order valence-electron chi connectivity index (χ1n) is 8.96. The minimum atomic E-state index is -0.214. The van der Waals surface area contributed by atoms with E-state index in [1.165, 1.54) is 0 Å². The number of nitrogens with one attached hydrogen (secondary N) is 1. The summed E-state index contributed by atoms with van der Waals surface area (Å²) in [6.45, 7) is 3.97. The lowest BCUT2D eigenvalue weighted by molar-refractivity contribution is 0.776. The van der Waals surface area contributed by atoms with Crippen molar-refractivity contribution in [3.63, 3.8) is 0 Å². The molecule has 5 nitrogen and oxygen atoms in total. The lowest BCUT2D eigenvalue weighted by Gasteiger charge is -2.08. The molecular weight excluding hydrogens is 395 g/mol. The maximum atomic E-state index is 12.9. The van der Waals surface area contributed by atoms with Crippen LogP contribution in [0.15, 0.2) is 53.3 Å². The van der Waals surface area contributed by atoms with Gasteiger partial charge in [-0.15, -0.1) is 0 Å². The number of para-hydroxylation sites is 1. The highest BCUT2D eigenvalue weighted by Crippen LogP contribution is 2.32. The summed E-state index contributed by atoms with van der Waals surface area (Å²) < 4.78 is 1.58. The van der Waals surface area contributed by atoms with E-state index in [4.69, 9.17) is 28.2 Å². The van der Waals surface area contributed by atoms with Crippen LogP contribution in [0.2, 0.25) is 10.0 Å². The summed E-state index contributed by atoms with van der Waals surface area (Å²) in [7, 11) is 0. The first-order chi connectivity index (χ1) is 13.5. The molecule has 2 aromatic carbocycles. The van der Waals surface area contributed by atoms with E-state index in [0.717, 1.165) is 5.56 Å². The van der Waals surface area contributed by atoms with E-state index in [1.807, 2.05) is 44.2 Å². The van der Waals surface area contributed by atoms with Crippen LogP contribution >= 0.6 is 23.2 Å². The van der Waals surface area contributed by atoms with Crippen LogP contribution in [-0.4, -0.2) is 19.7 Å². The van der Waals surface area contributed by atoms with Crippen molar-refractivity contribution in [2.24, 2.45) is 0 Å². The van der Waals surface area contributed by atoms with Crippen molar-refractivity contribution in [3.05, 3.63) is 86.0 Å². The van der Waals surface area contributed by atoms with Gasteiger partial charge in [-0.25, -0.2) is 9.67 Å². The summed E-state index contributed by atoms with van der Waals surface area (Å²) in [4.78, 5) is 20.5. The summed E-state index contributed by atoms with van der Waals surface area (Å²) >= 11 is 12.8. The van der Waals surface area contributed by atoms with Crippen molar-refractivity contribution in [1.29, 1.82) is 0 Å². The summed E-state index contributed by atoms with van der Waals surface area (Å²) in [5, 5.41) is 6.00. The quantitative estimate of drug-likeness (QED) is 0.505. The zero-order valence-corrected chi connectivity index (χ0v) is 16.9. The van der Waals surface area contributed by atoms with Crippen LogP contribution in [0, 0.1) is 0 Å². The predicted molar refractivity (Wildman–Crippen MR) is 113 cm³/mol. The van der Waals surface area contributed by atoms with Crippen LogP contribution in [0.1, 0.15) is 36.8 Å². The highest BCUT2D eigenvalue weighted by molar-refractivity contribution is 6.37. The van der Waals surface area contributed by atoms with E-state index in [2.05, 4.69) is 10.1 Å². The number of benzene rings is 2. The first kappa shape index (κ1) is 18.7. The summed E-state index contributed by atoms with van der Waals surface area (Å²) in [5.74, 6) is 0.594. The van der Waals surface area contributed by atoms with Gasteiger partial charge in [0.25, 0.3) is 5.56 Å². The second-order valence-corrected chi connectivity index (χ2v) is 7.71. The Bertz CT molecular complexity index is 1190. The number of halogens is 2. The molecule has 0 spiro atoms. The molecule has 0 saturated carbocycles. The molecule has 2 heterocycles. The Balaban J connectivity index is 1.98. The molecule has 0 aliphatic rings. The fourth-order valence-electron chi connectivity index (χ4n) is 3.22. The van der Waals surface area contributed by atoms with Gasteiger partial charge in [-0.2, -0.15) is 5.10 Å². The van der Waals surface area contributed by atoms with Crippen LogP contribution in [0.25, 0.3) is 16.7 Å². The third-order valence-electron chi connectivity index (χ3n) is 4.52. The van der Waals surface area contributed by atoms with E-state index in [9.17, 15) is 4.79 Å². The van der Waals surface area contributed by atoms with E-state index in [0.29, 0.717) is 44.7 Å². The summed E-state index contributed by atoms with van der Waals surface area (Å²) in [6.07, 6.45) is 0.504. The number of fused-ring (bicyclic) bond motifs is 1. The van der Waals surface area contributed by atoms with Gasteiger partial charge in [0.15, 0.2) is 5.65 Å². The highest BCUT2D eigenvalue weighted by atomic mass is 35.5. The van der Waals surface area contributed by atoms with Crippen LogP contribution in [0.4, 0.5) is 0 Å². The Morgan fingerprint density at radius 3 is 2.36 bits per heavy atom. The topological polar surface area (TPSA) is 63.6 Å². The van der Waals surface area contributed by atoms with Gasteiger partial charge in [-0.1, -0.05) is 73.4 Å². The highest BCUT2D eigenvalue weighted by Gasteiger charge is 2.22. The molecule has 0 bridgehead atoms. The molecule has 2 aromatic heterocycles. The molecule has 0 radical (unpaired) electrons. The first-order valence-corrected chi connectivity index (χ1v) is 9.71.